The van der Waals surface area contributed by atoms with Crippen LogP contribution in [-0.4, -0.2) is 19.5 Å². The van der Waals surface area contributed by atoms with Crippen molar-refractivity contribution < 1.29 is 8.83 Å². The molecule has 0 saturated heterocycles. The summed E-state index contributed by atoms with van der Waals surface area (Å²) in [5, 5.41) is 6.44. The van der Waals surface area contributed by atoms with Crippen LogP contribution < -0.4 is 0 Å². The van der Waals surface area contributed by atoms with E-state index in [-0.39, 0.29) is 0 Å². The first-order valence-corrected chi connectivity index (χ1v) is 19.0. The van der Waals surface area contributed by atoms with E-state index in [9.17, 15) is 0 Å². The molecule has 0 spiro atoms. The zero-order valence-corrected chi connectivity index (χ0v) is 30.4. The number of benzene rings is 8. The Morgan fingerprint density at radius 1 is 0.351 bits per heavy atom. The maximum atomic E-state index is 6.54. The van der Waals surface area contributed by atoms with Crippen LogP contribution in [0.2, 0.25) is 0 Å². The van der Waals surface area contributed by atoms with E-state index in [0.29, 0.717) is 17.5 Å². The first-order valence-electron chi connectivity index (χ1n) is 19.0. The first kappa shape index (κ1) is 31.5. The molecule has 4 heterocycles. The second-order valence-electron chi connectivity index (χ2n) is 14.4. The van der Waals surface area contributed by atoms with E-state index in [4.69, 9.17) is 23.8 Å². The maximum absolute atomic E-state index is 6.54. The van der Waals surface area contributed by atoms with Crippen LogP contribution in [0.1, 0.15) is 0 Å². The smallest absolute Gasteiger partial charge is 0.164 e. The minimum Gasteiger partial charge on any atom is -0.456 e. The zero-order valence-electron chi connectivity index (χ0n) is 30.4. The summed E-state index contributed by atoms with van der Waals surface area (Å²) < 4.78 is 15.1. The molecule has 6 heteroatoms. The van der Waals surface area contributed by atoms with Crippen molar-refractivity contribution in [1.29, 1.82) is 0 Å². The van der Waals surface area contributed by atoms with Gasteiger partial charge in [-0.25, -0.2) is 15.0 Å². The molecular weight excluding hydrogens is 701 g/mol. The highest BCUT2D eigenvalue weighted by Gasteiger charge is 2.20. The van der Waals surface area contributed by atoms with Crippen LogP contribution in [0.5, 0.6) is 0 Å². The predicted molar refractivity (Wildman–Crippen MR) is 230 cm³/mol. The number of hydrogen-bond donors (Lipinski definition) is 0. The van der Waals surface area contributed by atoms with Crippen LogP contribution in [0.4, 0.5) is 0 Å². The fourth-order valence-electron chi connectivity index (χ4n) is 8.46. The molecule has 0 bridgehead atoms. The van der Waals surface area contributed by atoms with Gasteiger partial charge in [0.2, 0.25) is 0 Å². The fourth-order valence-corrected chi connectivity index (χ4v) is 8.46. The SMILES string of the molecule is c1ccc(-c2nc(-c3ccc4c(c3)c3ccccc3n4-c3ccc4oc5c(-c6ccccc6)cccc5c4c3)nc(-c3cccc4oc5ccccc5c34)n2)cc1. The molecule has 266 valence electrons. The topological polar surface area (TPSA) is 69.9 Å². The van der Waals surface area contributed by atoms with Crippen LogP contribution in [0.15, 0.2) is 191 Å². The summed E-state index contributed by atoms with van der Waals surface area (Å²) in [5.41, 5.74) is 11.6. The molecule has 6 nitrogen and oxygen atoms in total. The quantitative estimate of drug-likeness (QED) is 0.176. The second-order valence-corrected chi connectivity index (χ2v) is 14.4. The van der Waals surface area contributed by atoms with Gasteiger partial charge in [0.25, 0.3) is 0 Å². The molecule has 0 amide bonds. The largest absolute Gasteiger partial charge is 0.456 e. The lowest BCUT2D eigenvalue weighted by Crippen LogP contribution is -2.00. The second kappa shape index (κ2) is 12.3. The Bertz CT molecular complexity index is 3530. The molecule has 8 aromatic carbocycles. The van der Waals surface area contributed by atoms with E-state index in [1.54, 1.807) is 0 Å². The van der Waals surface area contributed by atoms with Crippen molar-refractivity contribution in [2.45, 2.75) is 0 Å². The van der Waals surface area contributed by atoms with Crippen molar-refractivity contribution >= 4 is 65.7 Å². The first-order chi connectivity index (χ1) is 28.2. The van der Waals surface area contributed by atoms with Crippen LogP contribution >= 0.6 is 0 Å². The van der Waals surface area contributed by atoms with Gasteiger partial charge in [0, 0.05) is 60.3 Å². The third-order valence-electron chi connectivity index (χ3n) is 11.1. The lowest BCUT2D eigenvalue weighted by Gasteiger charge is -2.10. The van der Waals surface area contributed by atoms with Gasteiger partial charge in [0.1, 0.15) is 22.3 Å². The highest BCUT2D eigenvalue weighted by atomic mass is 16.3. The summed E-state index contributed by atoms with van der Waals surface area (Å²) in [5.74, 6) is 1.80. The molecule has 0 saturated carbocycles. The normalized spacial score (nSPS) is 11.9. The standard InChI is InChI=1S/C51H30N4O2/c1-3-13-31(14-4-1)35-19-11-20-37-41-30-34(26-28-45(41)57-48(35)37)55-42-22-9-7-17-36(42)40-29-33(25-27-43(40)55)50-52-49(32-15-5-2-6-16-32)53-51(54-50)39-21-12-24-46-47(39)38-18-8-10-23-44(38)56-46/h1-30H. The number of rotatable bonds is 5. The maximum Gasteiger partial charge on any atom is 0.164 e. The Labute approximate surface area is 325 Å². The van der Waals surface area contributed by atoms with Crippen molar-refractivity contribution in [2.24, 2.45) is 0 Å². The Hall–Kier alpha value is -7.83. The lowest BCUT2D eigenvalue weighted by molar-refractivity contribution is 0.669. The zero-order chi connectivity index (χ0) is 37.5. The van der Waals surface area contributed by atoms with Crippen molar-refractivity contribution in [3.8, 4) is 51.0 Å². The minimum atomic E-state index is 0.592. The predicted octanol–water partition coefficient (Wildman–Crippen LogP) is 13.4. The van der Waals surface area contributed by atoms with Gasteiger partial charge < -0.3 is 13.4 Å². The van der Waals surface area contributed by atoms with Gasteiger partial charge >= 0.3 is 0 Å². The number of fused-ring (bicyclic) bond motifs is 9. The van der Waals surface area contributed by atoms with Crippen molar-refractivity contribution in [3.05, 3.63) is 182 Å². The van der Waals surface area contributed by atoms with Crippen molar-refractivity contribution in [3.63, 3.8) is 0 Å². The van der Waals surface area contributed by atoms with E-state index < -0.39 is 0 Å². The lowest BCUT2D eigenvalue weighted by atomic mass is 10.0. The summed E-state index contributed by atoms with van der Waals surface area (Å²) >= 11 is 0. The van der Waals surface area contributed by atoms with E-state index in [1.165, 1.54) is 0 Å². The van der Waals surface area contributed by atoms with Gasteiger partial charge in [-0.3, -0.25) is 0 Å². The Kier molecular flexibility index (Phi) is 6.83. The van der Waals surface area contributed by atoms with Crippen molar-refractivity contribution in [1.82, 2.24) is 19.5 Å². The van der Waals surface area contributed by atoms with Crippen molar-refractivity contribution in [2.75, 3.05) is 0 Å². The van der Waals surface area contributed by atoms with E-state index in [1.807, 2.05) is 66.7 Å². The van der Waals surface area contributed by atoms with Gasteiger partial charge in [-0.2, -0.15) is 0 Å². The number of para-hydroxylation sites is 3. The third kappa shape index (κ3) is 4.94. The molecule has 0 atom stereocenters. The summed E-state index contributed by atoms with van der Waals surface area (Å²) in [6.07, 6.45) is 0. The average molecular weight is 731 g/mol. The molecule has 12 rings (SSSR count). The molecule has 0 N–H and O–H groups in total. The van der Waals surface area contributed by atoms with E-state index in [2.05, 4.69) is 120 Å². The Morgan fingerprint density at radius 2 is 0.982 bits per heavy atom. The number of aromatic nitrogens is 4. The third-order valence-corrected chi connectivity index (χ3v) is 11.1. The Morgan fingerprint density at radius 3 is 1.84 bits per heavy atom. The van der Waals surface area contributed by atoms with E-state index >= 15 is 0 Å². The van der Waals surface area contributed by atoms with E-state index in [0.717, 1.165) is 99.2 Å². The highest BCUT2D eigenvalue weighted by molar-refractivity contribution is 6.14. The van der Waals surface area contributed by atoms with Crippen LogP contribution in [0, 0.1) is 0 Å². The van der Waals surface area contributed by atoms with Crippen LogP contribution in [0.25, 0.3) is 117 Å². The van der Waals surface area contributed by atoms with Gasteiger partial charge in [-0.1, -0.05) is 127 Å². The van der Waals surface area contributed by atoms with Gasteiger partial charge in [0.05, 0.1) is 11.0 Å². The molecular formula is C51H30N4O2. The minimum absolute atomic E-state index is 0.592. The molecule has 12 aromatic rings. The molecule has 0 unspecified atom stereocenters. The highest BCUT2D eigenvalue weighted by Crippen LogP contribution is 2.40. The fraction of sp³-hybridized carbons (Fsp3) is 0. The van der Waals surface area contributed by atoms with Crippen LogP contribution in [-0.2, 0) is 0 Å². The monoisotopic (exact) mass is 730 g/mol. The number of furan rings is 2. The van der Waals surface area contributed by atoms with Gasteiger partial charge in [-0.15, -0.1) is 0 Å². The summed E-state index contributed by atoms with van der Waals surface area (Å²) in [6.45, 7) is 0. The summed E-state index contributed by atoms with van der Waals surface area (Å²) in [4.78, 5) is 15.4. The summed E-state index contributed by atoms with van der Waals surface area (Å²) in [6, 6.07) is 62.7. The average Bonchev–Trinajstić information content (AvgIpc) is 3.96. The molecule has 0 fully saturated rings. The molecule has 0 aliphatic rings. The molecule has 0 aliphatic carbocycles. The summed E-state index contributed by atoms with van der Waals surface area (Å²) in [7, 11) is 0. The Balaban J connectivity index is 1.05. The van der Waals surface area contributed by atoms with Gasteiger partial charge in [0.15, 0.2) is 17.5 Å². The molecule has 57 heavy (non-hydrogen) atoms. The van der Waals surface area contributed by atoms with Gasteiger partial charge in [-0.05, 0) is 60.2 Å². The molecule has 0 aliphatic heterocycles. The number of nitrogens with zero attached hydrogens (tertiary/aromatic N) is 4. The van der Waals surface area contributed by atoms with Crippen LogP contribution in [0.3, 0.4) is 0 Å². The molecule has 0 radical (unpaired) electrons. The molecule has 4 aromatic heterocycles. The number of hydrogen-bond acceptors (Lipinski definition) is 5.